The van der Waals surface area contributed by atoms with Crippen LogP contribution in [0.4, 0.5) is 5.82 Å². The number of hydrogen-bond acceptors (Lipinski definition) is 6. The molecular weight excluding hydrogens is 292 g/mol. The third kappa shape index (κ3) is 2.69. The first-order valence-corrected chi connectivity index (χ1v) is 7.71. The lowest BCUT2D eigenvalue weighted by Gasteiger charge is -2.19. The minimum Gasteiger partial charge on any atom is -0.458 e. The van der Waals surface area contributed by atoms with Gasteiger partial charge in [0.05, 0.1) is 12.7 Å². The smallest absolute Gasteiger partial charge is 0.316 e. The summed E-state index contributed by atoms with van der Waals surface area (Å²) in [6, 6.07) is 4.42. The van der Waals surface area contributed by atoms with E-state index in [4.69, 9.17) is 4.74 Å². The summed E-state index contributed by atoms with van der Waals surface area (Å²) in [4.78, 5) is 15.2. The van der Waals surface area contributed by atoms with Crippen molar-refractivity contribution in [2.75, 3.05) is 18.0 Å². The van der Waals surface area contributed by atoms with Crippen LogP contribution in [0.3, 0.4) is 0 Å². The number of hydrogen-bond donors (Lipinski definition) is 0. The predicted octanol–water partition coefficient (Wildman–Crippen LogP) is 1.79. The van der Waals surface area contributed by atoms with E-state index in [1.165, 1.54) is 0 Å². The topological polar surface area (TPSA) is 68.4 Å². The summed E-state index contributed by atoms with van der Waals surface area (Å²) in [6.07, 6.45) is 6.33. The normalized spacial score (nSPS) is 17.8. The maximum atomic E-state index is 5.90. The van der Waals surface area contributed by atoms with E-state index in [-0.39, 0.29) is 6.10 Å². The second-order valence-electron chi connectivity index (χ2n) is 5.87. The highest BCUT2D eigenvalue weighted by atomic mass is 16.5. The highest BCUT2D eigenvalue weighted by Crippen LogP contribution is 2.23. The first kappa shape index (κ1) is 13.9. The minimum absolute atomic E-state index is 0.0804. The Hall–Kier alpha value is -2.70. The van der Waals surface area contributed by atoms with Gasteiger partial charge in [-0.05, 0) is 19.4 Å². The molecule has 0 aromatic carbocycles. The first-order valence-electron chi connectivity index (χ1n) is 7.71. The van der Waals surface area contributed by atoms with Crippen LogP contribution in [0.25, 0.3) is 5.65 Å². The Labute approximate surface area is 134 Å². The van der Waals surface area contributed by atoms with Crippen molar-refractivity contribution in [3.63, 3.8) is 0 Å². The van der Waals surface area contributed by atoms with Gasteiger partial charge in [-0.15, -0.1) is 0 Å². The van der Waals surface area contributed by atoms with Crippen molar-refractivity contribution < 1.29 is 4.74 Å². The molecule has 1 fully saturated rings. The van der Waals surface area contributed by atoms with E-state index in [9.17, 15) is 0 Å². The van der Waals surface area contributed by atoms with E-state index < -0.39 is 0 Å². The molecule has 3 aromatic rings. The summed E-state index contributed by atoms with van der Waals surface area (Å²) in [5.41, 5.74) is 2.88. The highest BCUT2D eigenvalue weighted by Gasteiger charge is 2.26. The summed E-state index contributed by atoms with van der Waals surface area (Å²) < 4.78 is 7.77. The molecule has 118 valence electrons. The lowest BCUT2D eigenvalue weighted by Crippen LogP contribution is -2.27. The van der Waals surface area contributed by atoms with Crippen LogP contribution in [-0.4, -0.2) is 43.8 Å². The van der Waals surface area contributed by atoms with Crippen LogP contribution in [0.5, 0.6) is 6.01 Å². The monoisotopic (exact) mass is 310 g/mol. The van der Waals surface area contributed by atoms with Gasteiger partial charge >= 0.3 is 6.01 Å². The third-order valence-corrected chi connectivity index (χ3v) is 3.97. The van der Waals surface area contributed by atoms with Gasteiger partial charge in [0.25, 0.3) is 0 Å². The molecule has 1 aliphatic heterocycles. The molecule has 1 atom stereocenters. The van der Waals surface area contributed by atoms with Crippen LogP contribution in [-0.2, 0) is 0 Å². The van der Waals surface area contributed by atoms with Crippen molar-refractivity contribution in [2.45, 2.75) is 26.4 Å². The van der Waals surface area contributed by atoms with Gasteiger partial charge in [0.1, 0.15) is 11.9 Å². The number of aromatic nitrogens is 5. The average molecular weight is 310 g/mol. The Bertz CT molecular complexity index is 828. The van der Waals surface area contributed by atoms with Crippen molar-refractivity contribution >= 4 is 11.5 Å². The van der Waals surface area contributed by atoms with Crippen LogP contribution in [0, 0.1) is 13.8 Å². The van der Waals surface area contributed by atoms with Gasteiger partial charge in [-0.3, -0.25) is 0 Å². The van der Waals surface area contributed by atoms with E-state index in [1.807, 2.05) is 24.4 Å². The number of anilines is 1. The van der Waals surface area contributed by atoms with Crippen molar-refractivity contribution in [2.24, 2.45) is 0 Å². The second kappa shape index (κ2) is 5.49. The van der Waals surface area contributed by atoms with Gasteiger partial charge in [0, 0.05) is 43.2 Å². The number of fused-ring (bicyclic) bond motifs is 1. The molecule has 4 heterocycles. The zero-order valence-corrected chi connectivity index (χ0v) is 13.2. The largest absolute Gasteiger partial charge is 0.458 e. The Balaban J connectivity index is 1.53. The van der Waals surface area contributed by atoms with Crippen molar-refractivity contribution in [3.8, 4) is 6.01 Å². The third-order valence-electron chi connectivity index (χ3n) is 3.97. The fraction of sp³-hybridized carbons (Fsp3) is 0.375. The molecule has 1 aliphatic rings. The van der Waals surface area contributed by atoms with Gasteiger partial charge in [-0.2, -0.15) is 9.61 Å². The molecule has 0 radical (unpaired) electrons. The van der Waals surface area contributed by atoms with E-state index in [1.54, 1.807) is 18.6 Å². The van der Waals surface area contributed by atoms with Crippen LogP contribution >= 0.6 is 0 Å². The van der Waals surface area contributed by atoms with Crippen LogP contribution in [0.1, 0.15) is 17.7 Å². The number of rotatable bonds is 3. The van der Waals surface area contributed by atoms with Gasteiger partial charge in [0.15, 0.2) is 5.65 Å². The molecule has 0 amide bonds. The Kier molecular flexibility index (Phi) is 3.33. The maximum Gasteiger partial charge on any atom is 0.316 e. The summed E-state index contributed by atoms with van der Waals surface area (Å²) >= 11 is 0. The fourth-order valence-electron chi connectivity index (χ4n) is 2.87. The molecule has 4 rings (SSSR count). The average Bonchev–Trinajstić information content (AvgIpc) is 3.18. The number of ether oxygens (including phenoxy) is 1. The molecule has 23 heavy (non-hydrogen) atoms. The molecule has 3 aromatic heterocycles. The van der Waals surface area contributed by atoms with Crippen LogP contribution < -0.4 is 9.64 Å². The van der Waals surface area contributed by atoms with Crippen LogP contribution in [0.15, 0.2) is 30.7 Å². The zero-order valence-electron chi connectivity index (χ0n) is 13.2. The molecule has 0 spiro atoms. The molecule has 0 saturated carbocycles. The summed E-state index contributed by atoms with van der Waals surface area (Å²) in [5.74, 6) is 1.05. The van der Waals surface area contributed by atoms with Gasteiger partial charge in [-0.1, -0.05) is 0 Å². The van der Waals surface area contributed by atoms with Crippen molar-refractivity contribution in [1.82, 2.24) is 24.6 Å². The molecule has 1 saturated heterocycles. The molecule has 0 N–H and O–H groups in total. The van der Waals surface area contributed by atoms with Gasteiger partial charge < -0.3 is 9.64 Å². The first-order chi connectivity index (χ1) is 11.2. The second-order valence-corrected chi connectivity index (χ2v) is 5.87. The van der Waals surface area contributed by atoms with E-state index in [0.29, 0.717) is 6.01 Å². The standard InChI is InChI=1S/C16H18N6O/c1-11-8-17-16(18-9-11)23-13-4-6-21(10-13)15-7-12(2)20-14-3-5-19-22(14)15/h3,5,7-9,13H,4,6,10H2,1-2H3. The Morgan fingerprint density at radius 2 is 2.04 bits per heavy atom. The Morgan fingerprint density at radius 1 is 1.22 bits per heavy atom. The lowest BCUT2D eigenvalue weighted by molar-refractivity contribution is 0.206. The van der Waals surface area contributed by atoms with Gasteiger partial charge in [-0.25, -0.2) is 15.0 Å². The number of aryl methyl sites for hydroxylation is 2. The predicted molar refractivity (Wildman–Crippen MR) is 85.7 cm³/mol. The minimum atomic E-state index is 0.0804. The van der Waals surface area contributed by atoms with E-state index >= 15 is 0 Å². The zero-order chi connectivity index (χ0) is 15.8. The summed E-state index contributed by atoms with van der Waals surface area (Å²) in [6.45, 7) is 5.66. The van der Waals surface area contributed by atoms with Gasteiger partial charge in [0.2, 0.25) is 0 Å². The molecule has 7 heteroatoms. The van der Waals surface area contributed by atoms with Crippen molar-refractivity contribution in [1.29, 1.82) is 0 Å². The molecule has 0 aliphatic carbocycles. The molecule has 1 unspecified atom stereocenters. The highest BCUT2D eigenvalue weighted by molar-refractivity contribution is 5.51. The SMILES string of the molecule is Cc1cnc(OC2CCN(c3cc(C)nc4ccnn34)C2)nc1. The molecule has 7 nitrogen and oxygen atoms in total. The summed E-state index contributed by atoms with van der Waals surface area (Å²) in [5, 5.41) is 4.37. The Morgan fingerprint density at radius 3 is 2.87 bits per heavy atom. The number of nitrogens with zero attached hydrogens (tertiary/aromatic N) is 6. The van der Waals surface area contributed by atoms with E-state index in [2.05, 4.69) is 31.0 Å². The fourth-order valence-corrected chi connectivity index (χ4v) is 2.87. The van der Waals surface area contributed by atoms with Crippen molar-refractivity contribution in [3.05, 3.63) is 42.0 Å². The molecule has 0 bridgehead atoms. The van der Waals surface area contributed by atoms with E-state index in [0.717, 1.165) is 42.2 Å². The molecular formula is C16H18N6O. The van der Waals surface area contributed by atoms with Crippen LogP contribution in [0.2, 0.25) is 0 Å². The maximum absolute atomic E-state index is 5.90. The summed E-state index contributed by atoms with van der Waals surface area (Å²) in [7, 11) is 0. The lowest BCUT2D eigenvalue weighted by atomic mass is 10.3. The quantitative estimate of drug-likeness (QED) is 0.735.